The maximum Gasteiger partial charge on any atom is 0.410 e. The lowest BCUT2D eigenvalue weighted by Crippen LogP contribution is -2.35. The number of rotatable bonds is 8. The highest BCUT2D eigenvalue weighted by atomic mass is 16.6. The summed E-state index contributed by atoms with van der Waals surface area (Å²) in [6, 6.07) is 3.74. The molecule has 0 unspecified atom stereocenters. The van der Waals surface area contributed by atoms with Crippen LogP contribution in [0.4, 0.5) is 16.4 Å². The van der Waals surface area contributed by atoms with Crippen molar-refractivity contribution in [1.29, 1.82) is 5.26 Å². The van der Waals surface area contributed by atoms with Gasteiger partial charge in [-0.15, -0.1) is 0 Å². The van der Waals surface area contributed by atoms with E-state index in [2.05, 4.69) is 30.5 Å². The lowest BCUT2D eigenvalue weighted by Gasteiger charge is -2.24. The summed E-state index contributed by atoms with van der Waals surface area (Å²) in [5.74, 6) is 2.17. The lowest BCUT2D eigenvalue weighted by molar-refractivity contribution is 0.0292. The quantitative estimate of drug-likeness (QED) is 0.447. The third-order valence-corrected chi connectivity index (χ3v) is 5.13. The van der Waals surface area contributed by atoms with Crippen LogP contribution in [-0.2, 0) is 11.2 Å². The first-order chi connectivity index (χ1) is 17.2. The van der Waals surface area contributed by atoms with Gasteiger partial charge in [0.1, 0.15) is 17.5 Å². The second-order valence-corrected chi connectivity index (χ2v) is 9.17. The van der Waals surface area contributed by atoms with Gasteiger partial charge in [0.2, 0.25) is 0 Å². The molecule has 0 atom stereocenters. The summed E-state index contributed by atoms with van der Waals surface area (Å²) >= 11 is 0. The minimum atomic E-state index is -0.544. The van der Waals surface area contributed by atoms with Gasteiger partial charge in [-0.2, -0.15) is 10.4 Å². The SMILES string of the molecule is CN(CCCOc1cnc2c(c1-c1cc(Nc3cnc(C#N)cn3)n[nH]1)OCC2)C(=O)OC(C)(C)C. The van der Waals surface area contributed by atoms with Gasteiger partial charge in [0.05, 0.1) is 48.8 Å². The molecule has 0 fully saturated rings. The average molecular weight is 493 g/mol. The van der Waals surface area contributed by atoms with Crippen molar-refractivity contribution in [3.8, 4) is 28.8 Å². The first-order valence-corrected chi connectivity index (χ1v) is 11.5. The number of nitrogens with zero attached hydrogens (tertiary/aromatic N) is 6. The first-order valence-electron chi connectivity index (χ1n) is 11.5. The Balaban J connectivity index is 1.44. The van der Waals surface area contributed by atoms with Crippen molar-refractivity contribution < 1.29 is 19.0 Å². The summed E-state index contributed by atoms with van der Waals surface area (Å²) in [4.78, 5) is 26.3. The predicted molar refractivity (Wildman–Crippen MR) is 130 cm³/mol. The van der Waals surface area contributed by atoms with E-state index in [1.807, 2.05) is 26.8 Å². The maximum atomic E-state index is 12.2. The number of carbonyl (C=O) groups is 1. The second-order valence-electron chi connectivity index (χ2n) is 9.17. The van der Waals surface area contributed by atoms with Crippen LogP contribution in [0.5, 0.6) is 11.5 Å². The molecule has 4 heterocycles. The highest BCUT2D eigenvalue weighted by molar-refractivity contribution is 5.77. The number of ether oxygens (including phenoxy) is 3. The molecule has 1 aliphatic heterocycles. The van der Waals surface area contributed by atoms with Crippen LogP contribution in [0.15, 0.2) is 24.7 Å². The van der Waals surface area contributed by atoms with E-state index in [0.717, 1.165) is 11.3 Å². The summed E-state index contributed by atoms with van der Waals surface area (Å²) in [5, 5.41) is 19.2. The Morgan fingerprint density at radius 2 is 2.08 bits per heavy atom. The summed E-state index contributed by atoms with van der Waals surface area (Å²) in [6.07, 6.45) is 5.46. The predicted octanol–water partition coefficient (Wildman–Crippen LogP) is 3.45. The molecule has 12 heteroatoms. The summed E-state index contributed by atoms with van der Waals surface area (Å²) in [7, 11) is 1.70. The fraction of sp³-hybridized carbons (Fsp3) is 0.417. The molecule has 36 heavy (non-hydrogen) atoms. The molecule has 0 saturated carbocycles. The molecule has 3 aromatic heterocycles. The molecule has 4 rings (SSSR count). The number of carbonyl (C=O) groups excluding carboxylic acids is 1. The first kappa shape index (κ1) is 24.7. The standard InChI is InChI=1S/C24H28N8O4/c1-24(2,3)36-23(33)32(4)7-5-8-34-18-13-27-16-6-9-35-22(16)21(18)17-10-19(31-30-17)29-20-14-26-15(11-25)12-28-20/h10,12-14H,5-9H2,1-4H3,(H2,28,29,30,31). The number of nitriles is 1. The van der Waals surface area contributed by atoms with Crippen molar-refractivity contribution in [2.24, 2.45) is 0 Å². The molecule has 12 nitrogen and oxygen atoms in total. The zero-order valence-electron chi connectivity index (χ0n) is 20.7. The monoisotopic (exact) mass is 492 g/mol. The van der Waals surface area contributed by atoms with E-state index in [4.69, 9.17) is 19.5 Å². The molecule has 2 N–H and O–H groups in total. The molecule has 0 saturated heterocycles. The number of pyridine rings is 1. The van der Waals surface area contributed by atoms with E-state index in [-0.39, 0.29) is 11.8 Å². The summed E-state index contributed by atoms with van der Waals surface area (Å²) in [6.45, 7) is 6.88. The van der Waals surface area contributed by atoms with Crippen LogP contribution < -0.4 is 14.8 Å². The molecule has 1 amide bonds. The topological polar surface area (TPSA) is 151 Å². The van der Waals surface area contributed by atoms with Gasteiger partial charge >= 0.3 is 6.09 Å². The average Bonchev–Trinajstić information content (AvgIpc) is 3.50. The number of amides is 1. The fourth-order valence-electron chi connectivity index (χ4n) is 3.47. The fourth-order valence-corrected chi connectivity index (χ4v) is 3.47. The van der Waals surface area contributed by atoms with Gasteiger partial charge in [-0.1, -0.05) is 0 Å². The highest BCUT2D eigenvalue weighted by Crippen LogP contribution is 2.42. The van der Waals surface area contributed by atoms with Gasteiger partial charge in [0, 0.05) is 26.1 Å². The van der Waals surface area contributed by atoms with Crippen molar-refractivity contribution in [2.75, 3.05) is 32.1 Å². The number of nitrogens with one attached hydrogen (secondary N) is 2. The van der Waals surface area contributed by atoms with E-state index in [1.165, 1.54) is 17.3 Å². The lowest BCUT2D eigenvalue weighted by atomic mass is 10.1. The zero-order chi connectivity index (χ0) is 25.7. The molecular formula is C24H28N8O4. The molecule has 188 valence electrons. The van der Waals surface area contributed by atoms with Crippen LogP contribution in [-0.4, -0.2) is 68.5 Å². The Morgan fingerprint density at radius 1 is 1.25 bits per heavy atom. The summed E-state index contributed by atoms with van der Waals surface area (Å²) in [5.41, 5.74) is 1.94. The highest BCUT2D eigenvalue weighted by Gasteiger charge is 2.25. The Bertz CT molecular complexity index is 1260. The number of aromatic nitrogens is 5. The van der Waals surface area contributed by atoms with Crippen LogP contribution in [0.25, 0.3) is 11.3 Å². The van der Waals surface area contributed by atoms with Crippen LogP contribution >= 0.6 is 0 Å². The van der Waals surface area contributed by atoms with Crippen molar-refractivity contribution in [2.45, 2.75) is 39.2 Å². The molecule has 1 aliphatic rings. The Kier molecular flexibility index (Phi) is 7.19. The number of H-pyrrole nitrogens is 1. The minimum Gasteiger partial charge on any atom is -0.491 e. The van der Waals surface area contributed by atoms with E-state index in [0.29, 0.717) is 61.4 Å². The van der Waals surface area contributed by atoms with Gasteiger partial charge in [0.15, 0.2) is 23.0 Å². The summed E-state index contributed by atoms with van der Waals surface area (Å²) < 4.78 is 17.3. The van der Waals surface area contributed by atoms with E-state index in [1.54, 1.807) is 19.3 Å². The molecule has 0 aliphatic carbocycles. The van der Waals surface area contributed by atoms with Crippen LogP contribution in [0, 0.1) is 11.3 Å². The zero-order valence-corrected chi connectivity index (χ0v) is 20.7. The van der Waals surface area contributed by atoms with E-state index < -0.39 is 5.60 Å². The van der Waals surface area contributed by atoms with Gasteiger partial charge in [-0.25, -0.2) is 14.8 Å². The molecule has 3 aromatic rings. The Labute approximate surface area is 208 Å². The Hall–Kier alpha value is -4.40. The van der Waals surface area contributed by atoms with Gasteiger partial charge in [-0.3, -0.25) is 10.1 Å². The number of anilines is 2. The largest absolute Gasteiger partial charge is 0.491 e. The van der Waals surface area contributed by atoms with Crippen LogP contribution in [0.2, 0.25) is 0 Å². The second kappa shape index (κ2) is 10.5. The minimum absolute atomic E-state index is 0.229. The van der Waals surface area contributed by atoms with Crippen molar-refractivity contribution in [3.05, 3.63) is 36.0 Å². The van der Waals surface area contributed by atoms with Gasteiger partial charge < -0.3 is 24.4 Å². The smallest absolute Gasteiger partial charge is 0.410 e. The third kappa shape index (κ3) is 5.99. The number of fused-ring (bicyclic) bond motifs is 1. The maximum absolute atomic E-state index is 12.2. The van der Waals surface area contributed by atoms with Crippen molar-refractivity contribution in [1.82, 2.24) is 30.0 Å². The molecule has 0 aromatic carbocycles. The van der Waals surface area contributed by atoms with Crippen molar-refractivity contribution in [3.63, 3.8) is 0 Å². The van der Waals surface area contributed by atoms with Gasteiger partial charge in [-0.05, 0) is 27.2 Å². The van der Waals surface area contributed by atoms with E-state index >= 15 is 0 Å². The van der Waals surface area contributed by atoms with Crippen LogP contribution in [0.1, 0.15) is 38.6 Å². The normalized spacial score (nSPS) is 12.3. The number of aromatic amines is 1. The molecule has 0 radical (unpaired) electrons. The number of hydrogen-bond acceptors (Lipinski definition) is 10. The van der Waals surface area contributed by atoms with Crippen LogP contribution in [0.3, 0.4) is 0 Å². The molecule has 0 bridgehead atoms. The van der Waals surface area contributed by atoms with Crippen molar-refractivity contribution >= 4 is 17.7 Å². The molecule has 0 spiro atoms. The third-order valence-electron chi connectivity index (χ3n) is 5.13. The van der Waals surface area contributed by atoms with Gasteiger partial charge in [0.25, 0.3) is 0 Å². The Morgan fingerprint density at radius 3 is 2.81 bits per heavy atom. The number of hydrogen-bond donors (Lipinski definition) is 2. The molecular weight excluding hydrogens is 464 g/mol. The van der Waals surface area contributed by atoms with E-state index in [9.17, 15) is 4.79 Å².